The van der Waals surface area contributed by atoms with Crippen molar-refractivity contribution in [2.75, 3.05) is 27.2 Å². The lowest BCUT2D eigenvalue weighted by molar-refractivity contribution is 0.0677. The fourth-order valence-electron chi connectivity index (χ4n) is 1.76. The second-order valence-electron chi connectivity index (χ2n) is 4.08. The van der Waals surface area contributed by atoms with Gasteiger partial charge in [0.25, 0.3) is 5.91 Å². The van der Waals surface area contributed by atoms with Crippen molar-refractivity contribution >= 4 is 5.91 Å². The molecule has 0 saturated carbocycles. The highest BCUT2D eigenvalue weighted by Crippen LogP contribution is 2.30. The number of benzene rings is 1. The molecule has 0 atom stereocenters. The highest BCUT2D eigenvalue weighted by molar-refractivity contribution is 5.97. The molecule has 0 unspecified atom stereocenters. The molecule has 0 spiro atoms. The summed E-state index contributed by atoms with van der Waals surface area (Å²) in [4.78, 5) is 13.8. The quantitative estimate of drug-likeness (QED) is 0.799. The molecule has 1 heterocycles. The van der Waals surface area contributed by atoms with E-state index in [-0.39, 0.29) is 23.3 Å². The minimum Gasteiger partial charge on any atom is -0.504 e. The van der Waals surface area contributed by atoms with Crippen molar-refractivity contribution in [3.05, 3.63) is 23.8 Å². The van der Waals surface area contributed by atoms with Crippen molar-refractivity contribution in [1.82, 2.24) is 10.2 Å². The largest absolute Gasteiger partial charge is 0.504 e. The van der Waals surface area contributed by atoms with Crippen LogP contribution in [0.15, 0.2) is 18.2 Å². The zero-order valence-corrected chi connectivity index (χ0v) is 9.93. The minimum atomic E-state index is -0.187. The Bertz CT molecular complexity index is 430. The van der Waals surface area contributed by atoms with E-state index in [0.717, 1.165) is 13.1 Å². The number of phenolic OH excluding ortho intramolecular Hbond substituents is 1. The van der Waals surface area contributed by atoms with Gasteiger partial charge in [-0.2, -0.15) is 0 Å². The van der Waals surface area contributed by atoms with E-state index in [2.05, 4.69) is 5.32 Å². The standard InChI is InChI=1S/C12H16N2O3/c1-14(8-6-13-7-8)12(16)9-4-3-5-10(17-2)11(9)15/h3-5,8,13,15H,6-7H2,1-2H3. The summed E-state index contributed by atoms with van der Waals surface area (Å²) in [6.07, 6.45) is 0. The first-order valence-corrected chi connectivity index (χ1v) is 5.49. The smallest absolute Gasteiger partial charge is 0.257 e. The molecule has 92 valence electrons. The Hall–Kier alpha value is -1.75. The normalized spacial score (nSPS) is 15.2. The first-order chi connectivity index (χ1) is 8.15. The van der Waals surface area contributed by atoms with Gasteiger partial charge in [-0.25, -0.2) is 0 Å². The predicted octanol–water partition coefficient (Wildman–Crippen LogP) is 0.445. The summed E-state index contributed by atoms with van der Waals surface area (Å²) < 4.78 is 4.98. The van der Waals surface area contributed by atoms with Gasteiger partial charge in [0.1, 0.15) is 0 Å². The average Bonchev–Trinajstić information content (AvgIpc) is 2.26. The molecule has 0 aromatic heterocycles. The second-order valence-corrected chi connectivity index (χ2v) is 4.08. The van der Waals surface area contributed by atoms with Crippen LogP contribution in [-0.4, -0.2) is 49.2 Å². The molecule has 1 aliphatic heterocycles. The number of ether oxygens (including phenoxy) is 1. The molecule has 0 radical (unpaired) electrons. The third-order valence-electron chi connectivity index (χ3n) is 3.08. The van der Waals surface area contributed by atoms with Crippen molar-refractivity contribution in [3.63, 3.8) is 0 Å². The SMILES string of the molecule is COc1cccc(C(=O)N(C)C2CNC2)c1O. The third-order valence-corrected chi connectivity index (χ3v) is 3.08. The van der Waals surface area contributed by atoms with Gasteiger partial charge >= 0.3 is 0 Å². The van der Waals surface area contributed by atoms with Crippen molar-refractivity contribution in [2.45, 2.75) is 6.04 Å². The number of carbonyl (C=O) groups is 1. The fourth-order valence-corrected chi connectivity index (χ4v) is 1.76. The maximum Gasteiger partial charge on any atom is 0.257 e. The summed E-state index contributed by atoms with van der Waals surface area (Å²) in [5.41, 5.74) is 0.277. The van der Waals surface area contributed by atoms with Gasteiger partial charge in [0, 0.05) is 20.1 Å². The third kappa shape index (κ3) is 2.06. The Labute approximate surface area is 100.0 Å². The molecule has 1 aliphatic rings. The second kappa shape index (κ2) is 4.63. The molecule has 2 rings (SSSR count). The van der Waals surface area contributed by atoms with E-state index in [4.69, 9.17) is 4.74 Å². The molecule has 1 aromatic carbocycles. The van der Waals surface area contributed by atoms with Crippen LogP contribution in [-0.2, 0) is 0 Å². The summed E-state index contributed by atoms with van der Waals surface area (Å²) in [6, 6.07) is 5.12. The van der Waals surface area contributed by atoms with Gasteiger partial charge < -0.3 is 20.1 Å². The Kier molecular flexibility index (Phi) is 3.19. The number of likely N-dealkylation sites (N-methyl/N-ethyl adjacent to an activating group) is 1. The summed E-state index contributed by atoms with van der Waals surface area (Å²) in [7, 11) is 3.20. The van der Waals surface area contributed by atoms with Gasteiger partial charge in [0.2, 0.25) is 0 Å². The summed E-state index contributed by atoms with van der Waals surface area (Å²) in [5, 5.41) is 13.0. The number of carbonyl (C=O) groups excluding carboxylic acids is 1. The van der Waals surface area contributed by atoms with Gasteiger partial charge in [-0.3, -0.25) is 4.79 Å². The molecule has 0 aliphatic carbocycles. The number of nitrogens with zero attached hydrogens (tertiary/aromatic N) is 1. The molecule has 5 nitrogen and oxygen atoms in total. The van der Waals surface area contributed by atoms with Gasteiger partial charge in [-0.1, -0.05) is 6.07 Å². The summed E-state index contributed by atoms with van der Waals surface area (Å²) >= 11 is 0. The highest BCUT2D eigenvalue weighted by atomic mass is 16.5. The molecule has 2 N–H and O–H groups in total. The molecule has 1 saturated heterocycles. The number of methoxy groups -OCH3 is 1. The van der Waals surface area contributed by atoms with Crippen LogP contribution in [0.3, 0.4) is 0 Å². The van der Waals surface area contributed by atoms with E-state index in [1.807, 2.05) is 0 Å². The van der Waals surface area contributed by atoms with Crippen molar-refractivity contribution in [3.8, 4) is 11.5 Å². The van der Waals surface area contributed by atoms with Crippen LogP contribution in [0.1, 0.15) is 10.4 Å². The van der Waals surface area contributed by atoms with Crippen LogP contribution >= 0.6 is 0 Å². The van der Waals surface area contributed by atoms with Gasteiger partial charge in [-0.15, -0.1) is 0 Å². The monoisotopic (exact) mass is 236 g/mol. The van der Waals surface area contributed by atoms with Gasteiger partial charge in [-0.05, 0) is 12.1 Å². The minimum absolute atomic E-state index is 0.0980. The number of para-hydroxylation sites is 1. The lowest BCUT2D eigenvalue weighted by atomic mass is 10.1. The molecular formula is C12H16N2O3. The molecule has 17 heavy (non-hydrogen) atoms. The van der Waals surface area contributed by atoms with E-state index < -0.39 is 0 Å². The fraction of sp³-hybridized carbons (Fsp3) is 0.417. The predicted molar refractivity (Wildman–Crippen MR) is 63.4 cm³/mol. The average molecular weight is 236 g/mol. The number of hydrogen-bond donors (Lipinski definition) is 2. The number of nitrogens with one attached hydrogen (secondary N) is 1. The maximum atomic E-state index is 12.2. The van der Waals surface area contributed by atoms with Crippen LogP contribution in [0.4, 0.5) is 0 Å². The Morgan fingerprint density at radius 3 is 2.76 bits per heavy atom. The van der Waals surface area contributed by atoms with Gasteiger partial charge in [0.15, 0.2) is 11.5 Å². The number of amides is 1. The molecule has 0 bridgehead atoms. The Balaban J connectivity index is 2.23. The van der Waals surface area contributed by atoms with Crippen LogP contribution in [0.5, 0.6) is 11.5 Å². The molecule has 1 aromatic rings. The number of hydrogen-bond acceptors (Lipinski definition) is 4. The zero-order valence-electron chi connectivity index (χ0n) is 9.93. The van der Waals surface area contributed by atoms with Crippen molar-refractivity contribution in [2.24, 2.45) is 0 Å². The number of rotatable bonds is 3. The highest BCUT2D eigenvalue weighted by Gasteiger charge is 2.27. The molecule has 1 amide bonds. The first-order valence-electron chi connectivity index (χ1n) is 5.49. The van der Waals surface area contributed by atoms with Crippen LogP contribution in [0, 0.1) is 0 Å². The molecule has 1 fully saturated rings. The van der Waals surface area contributed by atoms with E-state index in [1.54, 1.807) is 30.1 Å². The van der Waals surface area contributed by atoms with Crippen molar-refractivity contribution < 1.29 is 14.6 Å². The Morgan fingerprint density at radius 2 is 2.24 bits per heavy atom. The first kappa shape index (κ1) is 11.7. The number of aromatic hydroxyl groups is 1. The topological polar surface area (TPSA) is 61.8 Å². The maximum absolute atomic E-state index is 12.2. The lowest BCUT2D eigenvalue weighted by Crippen LogP contribution is -2.57. The summed E-state index contributed by atoms with van der Waals surface area (Å²) in [5.74, 6) is 0.0306. The molecular weight excluding hydrogens is 220 g/mol. The van der Waals surface area contributed by atoms with E-state index in [0.29, 0.717) is 5.75 Å². The Morgan fingerprint density at radius 1 is 1.53 bits per heavy atom. The van der Waals surface area contributed by atoms with E-state index >= 15 is 0 Å². The van der Waals surface area contributed by atoms with Crippen LogP contribution in [0.25, 0.3) is 0 Å². The van der Waals surface area contributed by atoms with Crippen molar-refractivity contribution in [1.29, 1.82) is 0 Å². The van der Waals surface area contributed by atoms with Crippen LogP contribution in [0.2, 0.25) is 0 Å². The zero-order chi connectivity index (χ0) is 12.4. The van der Waals surface area contributed by atoms with E-state index in [1.165, 1.54) is 7.11 Å². The number of phenols is 1. The summed E-state index contributed by atoms with van der Waals surface area (Å²) in [6.45, 7) is 1.60. The van der Waals surface area contributed by atoms with Crippen LogP contribution < -0.4 is 10.1 Å². The lowest BCUT2D eigenvalue weighted by Gasteiger charge is -2.35. The molecule has 5 heteroatoms. The van der Waals surface area contributed by atoms with Gasteiger partial charge in [0.05, 0.1) is 18.7 Å². The van der Waals surface area contributed by atoms with E-state index in [9.17, 15) is 9.90 Å².